The van der Waals surface area contributed by atoms with Crippen molar-refractivity contribution >= 4 is 88.2 Å². The van der Waals surface area contributed by atoms with Gasteiger partial charge in [-0.2, -0.15) is 4.40 Å². The van der Waals surface area contributed by atoms with Crippen molar-refractivity contribution in [3.8, 4) is 0 Å². The molecule has 0 aliphatic carbocycles. The van der Waals surface area contributed by atoms with Crippen LogP contribution in [0.4, 0.5) is 9.59 Å². The third kappa shape index (κ3) is 21.9. The maximum atomic E-state index is 12.8. The highest BCUT2D eigenvalue weighted by atomic mass is 79.9. The first-order valence-electron chi connectivity index (χ1n) is 21.6. The molecule has 1 N–H and O–H groups in total. The molecule has 3 unspecified atom stereocenters. The van der Waals surface area contributed by atoms with E-state index in [4.69, 9.17) is 9.47 Å². The Labute approximate surface area is 417 Å². The SMILES string of the molecule is Brc1cccc(Br)n1.C.CC(C)(C)OC(=O)N1C[C@@H](CCC(NS(=O)C(C)(C)C)c2cccc(Br)n2)CC1(C)C.CC(C)(C)OC(=O)N1C[C@@H](CCC=NS(=O)C(C)(C)C)CC1(C)C. The van der Waals surface area contributed by atoms with E-state index in [9.17, 15) is 18.0 Å². The largest absolute Gasteiger partial charge is 0.444 e. The van der Waals surface area contributed by atoms with Crippen molar-refractivity contribution in [2.45, 2.75) is 195 Å². The second-order valence-corrected chi connectivity index (χ2v) is 27.8. The lowest BCUT2D eigenvalue weighted by Gasteiger charge is -2.33. The molecule has 12 nitrogen and oxygen atoms in total. The first kappa shape index (κ1) is 60.2. The minimum atomic E-state index is -1.21. The summed E-state index contributed by atoms with van der Waals surface area (Å²) in [4.78, 5) is 37.4. The van der Waals surface area contributed by atoms with E-state index >= 15 is 0 Å². The molecule has 0 spiro atoms. The summed E-state index contributed by atoms with van der Waals surface area (Å²) < 4.78 is 45.0. The molecular weight excluding hydrogens is 1050 g/mol. The maximum Gasteiger partial charge on any atom is 0.410 e. The molecule has 0 bridgehead atoms. The number of pyridine rings is 2. The fourth-order valence-electron chi connectivity index (χ4n) is 7.00. The van der Waals surface area contributed by atoms with E-state index < -0.39 is 33.2 Å². The van der Waals surface area contributed by atoms with Gasteiger partial charge >= 0.3 is 12.2 Å². The van der Waals surface area contributed by atoms with E-state index in [2.05, 4.69) is 94.6 Å². The fourth-order valence-corrected chi connectivity index (χ4v) is 9.69. The molecule has 2 aromatic rings. The fraction of sp³-hybridized carbons (Fsp3) is 0.723. The number of rotatable bonds is 10. The van der Waals surface area contributed by atoms with Crippen molar-refractivity contribution in [1.82, 2.24) is 24.5 Å². The predicted molar refractivity (Wildman–Crippen MR) is 277 cm³/mol. The summed E-state index contributed by atoms with van der Waals surface area (Å²) in [6.07, 6.45) is 6.54. The normalized spacial score (nSPS) is 19.9. The van der Waals surface area contributed by atoms with Gasteiger partial charge in [-0.05, 0) is 233 Å². The zero-order valence-electron chi connectivity index (χ0n) is 40.6. The number of nitrogens with zero attached hydrogens (tertiary/aromatic N) is 5. The van der Waals surface area contributed by atoms with E-state index in [-0.39, 0.29) is 46.2 Å². The number of hydrogen-bond acceptors (Lipinski definition) is 8. The summed E-state index contributed by atoms with van der Waals surface area (Å²) in [5.74, 6) is 0.768. The standard InChI is InChI=1S/C23H38BrN3O3S.C18H34N2O3S.C5H3Br2N.CH4/c1-21(2,3)30-20(28)27-15-16(14-23(27,7)8)12-13-18(26-31(29)22(4,5)6)17-10-9-11-19(24)25-17;1-16(2,3)23-15(21)20-13-14(12-18(20,7)8)10-9-11-19-24(22)17(4,5)6;6-4-2-1-3-5(7)8-4;/h9-11,16,18,26H,12-15H2,1-8H3;11,14H,9-10,12-13H2,1-8H3;1-3H;1H4/t16-,18?,31?;14-,24?;;/m00../s1. The molecule has 17 heteroatoms. The zero-order valence-corrected chi connectivity index (χ0v) is 47.0. The lowest BCUT2D eigenvalue weighted by atomic mass is 9.91. The summed E-state index contributed by atoms with van der Waals surface area (Å²) in [5, 5.41) is 0. The van der Waals surface area contributed by atoms with Crippen molar-refractivity contribution in [2.24, 2.45) is 16.2 Å². The van der Waals surface area contributed by atoms with Gasteiger partial charge in [-0.25, -0.2) is 32.7 Å². The van der Waals surface area contributed by atoms with E-state index in [1.165, 1.54) is 0 Å². The van der Waals surface area contributed by atoms with Crippen LogP contribution in [0.25, 0.3) is 0 Å². The highest BCUT2D eigenvalue weighted by Gasteiger charge is 2.44. The molecule has 4 heterocycles. The Morgan fingerprint density at radius 1 is 0.750 bits per heavy atom. The quantitative estimate of drug-likeness (QED) is 0.183. The van der Waals surface area contributed by atoms with Crippen LogP contribution in [0.3, 0.4) is 0 Å². The van der Waals surface area contributed by atoms with Crippen LogP contribution in [-0.2, 0) is 31.4 Å². The maximum absolute atomic E-state index is 12.8. The molecule has 5 atom stereocenters. The van der Waals surface area contributed by atoms with Crippen LogP contribution in [0, 0.1) is 11.8 Å². The molecule has 4 rings (SSSR count). The second kappa shape index (κ2) is 25.0. The van der Waals surface area contributed by atoms with Crippen LogP contribution in [0.15, 0.2) is 54.6 Å². The molecule has 2 aliphatic rings. The van der Waals surface area contributed by atoms with Crippen LogP contribution in [-0.4, -0.2) is 91.5 Å². The van der Waals surface area contributed by atoms with E-state index in [1.807, 2.05) is 129 Å². The van der Waals surface area contributed by atoms with Gasteiger partial charge in [0, 0.05) is 30.4 Å². The molecule has 2 amide bonds. The van der Waals surface area contributed by atoms with Crippen molar-refractivity contribution in [3.63, 3.8) is 0 Å². The van der Waals surface area contributed by atoms with E-state index in [0.29, 0.717) is 24.9 Å². The molecule has 2 fully saturated rings. The van der Waals surface area contributed by atoms with Gasteiger partial charge < -0.3 is 19.3 Å². The van der Waals surface area contributed by atoms with Crippen LogP contribution in [0.2, 0.25) is 0 Å². The predicted octanol–water partition coefficient (Wildman–Crippen LogP) is 13.3. The van der Waals surface area contributed by atoms with Gasteiger partial charge in [0.1, 0.15) is 36.0 Å². The number of likely N-dealkylation sites (tertiary alicyclic amines) is 2. The van der Waals surface area contributed by atoms with Crippen molar-refractivity contribution in [3.05, 3.63) is 55.9 Å². The van der Waals surface area contributed by atoms with Crippen molar-refractivity contribution < 1.29 is 27.5 Å². The molecule has 2 aromatic heterocycles. The summed E-state index contributed by atoms with van der Waals surface area (Å²) in [7, 11) is -2.40. The van der Waals surface area contributed by atoms with Crippen LogP contribution in [0.5, 0.6) is 0 Å². The smallest absolute Gasteiger partial charge is 0.410 e. The van der Waals surface area contributed by atoms with Gasteiger partial charge in [-0.3, -0.25) is 0 Å². The Kier molecular flexibility index (Phi) is 23.5. The number of nitrogens with one attached hydrogen (secondary N) is 1. The third-order valence-corrected chi connectivity index (χ3v) is 14.3. The molecule has 0 aromatic carbocycles. The average Bonchev–Trinajstić information content (AvgIpc) is 3.59. The Balaban J connectivity index is 0.000000548. The lowest BCUT2D eigenvalue weighted by Crippen LogP contribution is -2.45. The minimum absolute atomic E-state index is 0. The van der Waals surface area contributed by atoms with Gasteiger partial charge in [0.2, 0.25) is 0 Å². The lowest BCUT2D eigenvalue weighted by molar-refractivity contribution is 0.0118. The Hall–Kier alpha value is -1.79. The minimum Gasteiger partial charge on any atom is -0.444 e. The van der Waals surface area contributed by atoms with E-state index in [0.717, 1.165) is 58.0 Å². The highest BCUT2D eigenvalue weighted by molar-refractivity contribution is 9.11. The molecule has 366 valence electrons. The molecule has 0 radical (unpaired) electrons. The summed E-state index contributed by atoms with van der Waals surface area (Å²) in [6.45, 7) is 32.7. The van der Waals surface area contributed by atoms with Gasteiger partial charge in [0.25, 0.3) is 0 Å². The highest BCUT2D eigenvalue weighted by Crippen LogP contribution is 2.38. The number of amides is 2. The first-order chi connectivity index (χ1) is 28.6. The zero-order chi connectivity index (χ0) is 48.4. The van der Waals surface area contributed by atoms with Gasteiger partial charge in [-0.15, -0.1) is 0 Å². The molecule has 0 saturated carbocycles. The van der Waals surface area contributed by atoms with Gasteiger partial charge in [0.15, 0.2) is 0 Å². The van der Waals surface area contributed by atoms with Gasteiger partial charge in [0.05, 0.1) is 32.2 Å². The Morgan fingerprint density at radius 3 is 1.55 bits per heavy atom. The summed E-state index contributed by atoms with van der Waals surface area (Å²) in [6, 6.07) is 11.4. The molecule has 2 aliphatic heterocycles. The topological polar surface area (TPSA) is 143 Å². The van der Waals surface area contributed by atoms with E-state index in [1.54, 1.807) is 6.21 Å². The van der Waals surface area contributed by atoms with Gasteiger partial charge in [-0.1, -0.05) is 19.6 Å². The number of carbonyl (C=O) groups is 2. The first-order valence-corrected chi connectivity index (χ1v) is 26.3. The number of carbonyl (C=O) groups excluding carboxylic acids is 2. The monoisotopic (exact) mass is 1120 g/mol. The van der Waals surface area contributed by atoms with Crippen LogP contribution in [0.1, 0.15) is 168 Å². The van der Waals surface area contributed by atoms with Crippen LogP contribution >= 0.6 is 47.8 Å². The van der Waals surface area contributed by atoms with Crippen LogP contribution < -0.4 is 4.72 Å². The summed E-state index contributed by atoms with van der Waals surface area (Å²) in [5.41, 5.74) is -0.567. The summed E-state index contributed by atoms with van der Waals surface area (Å²) >= 11 is 9.89. The number of halogens is 3. The third-order valence-electron chi connectivity index (χ3n) is 9.99. The molecule has 64 heavy (non-hydrogen) atoms. The Morgan fingerprint density at radius 2 is 1.17 bits per heavy atom. The number of aromatic nitrogens is 2. The number of ether oxygens (including phenoxy) is 2. The Bertz CT molecular complexity index is 1870. The second-order valence-electron chi connectivity index (χ2n) is 21.5. The van der Waals surface area contributed by atoms with Crippen molar-refractivity contribution in [2.75, 3.05) is 13.1 Å². The molecular formula is C47H79Br3N6O6S2. The van der Waals surface area contributed by atoms with Crippen molar-refractivity contribution in [1.29, 1.82) is 0 Å². The number of hydrogen-bond donors (Lipinski definition) is 1. The molecule has 2 saturated heterocycles. The average molecular weight is 1130 g/mol.